The van der Waals surface area contributed by atoms with Crippen molar-refractivity contribution in [2.45, 2.75) is 48.6 Å². The summed E-state index contributed by atoms with van der Waals surface area (Å²) in [5.41, 5.74) is 0. The van der Waals surface area contributed by atoms with Crippen LogP contribution in [0, 0.1) is 0 Å². The van der Waals surface area contributed by atoms with Crippen molar-refractivity contribution in [1.82, 2.24) is 0 Å². The summed E-state index contributed by atoms with van der Waals surface area (Å²) in [7, 11) is 0. The van der Waals surface area contributed by atoms with E-state index in [0.29, 0.717) is 20.4 Å². The van der Waals surface area contributed by atoms with E-state index in [9.17, 15) is 0 Å². The summed E-state index contributed by atoms with van der Waals surface area (Å²) < 4.78 is 2.67. The maximum atomic E-state index is 2.40. The van der Waals surface area contributed by atoms with Gasteiger partial charge in [0.2, 0.25) is 0 Å². The van der Waals surface area contributed by atoms with Crippen LogP contribution in [0.3, 0.4) is 0 Å². The Morgan fingerprint density at radius 3 is 2.44 bits per heavy atom. The lowest BCUT2D eigenvalue weighted by molar-refractivity contribution is 0.831. The van der Waals surface area contributed by atoms with Gasteiger partial charge >= 0.3 is 20.4 Å². The third-order valence-electron chi connectivity index (χ3n) is 2.00. The Hall–Kier alpha value is 0.766. The highest BCUT2D eigenvalue weighted by atomic mass is 24.5. The average Bonchev–Trinajstić information content (AvgIpc) is 1.89. The summed E-state index contributed by atoms with van der Waals surface area (Å²) in [6.45, 7) is 7.00. The van der Waals surface area contributed by atoms with Crippen LogP contribution in [0.5, 0.6) is 0 Å². The second kappa shape index (κ2) is 6.88. The Kier molecular flexibility index (Phi) is 7.47. The van der Waals surface area contributed by atoms with Crippen LogP contribution in [-0.2, 0) is 0 Å². The highest BCUT2D eigenvalue weighted by molar-refractivity contribution is 6.37. The van der Waals surface area contributed by atoms with Crippen molar-refractivity contribution in [3.63, 3.8) is 0 Å². The molecule has 0 saturated carbocycles. The first-order valence-electron chi connectivity index (χ1n) is 4.31. The van der Waals surface area contributed by atoms with E-state index in [1.807, 2.05) is 0 Å². The van der Waals surface area contributed by atoms with E-state index in [0.717, 1.165) is 4.05 Å². The van der Waals surface area contributed by atoms with Gasteiger partial charge in [0.15, 0.2) is 0 Å². The van der Waals surface area contributed by atoms with Crippen LogP contribution in [0.1, 0.15) is 40.0 Å². The Balaban J connectivity index is 2.88. The van der Waals surface area contributed by atoms with Gasteiger partial charge in [-0.1, -0.05) is 40.0 Å². The lowest BCUT2D eigenvalue weighted by Crippen LogP contribution is -1.96. The third kappa shape index (κ3) is 6.65. The standard InChI is InChI=1S/2C4H9.Mg/c2*1-3-4-2;/h3H,4H2,1-2H3;1,3-4H2,2H3;. The van der Waals surface area contributed by atoms with Crippen molar-refractivity contribution in [3.8, 4) is 0 Å². The van der Waals surface area contributed by atoms with Gasteiger partial charge in [-0.25, -0.2) is 0 Å². The minimum Gasteiger partial charge on any atom is -0.145 e. The molecule has 0 aromatic heterocycles. The highest BCUT2D eigenvalue weighted by Gasteiger charge is 2.01. The zero-order valence-corrected chi connectivity index (χ0v) is 8.53. The lowest BCUT2D eigenvalue weighted by atomic mass is 10.4. The second-order valence-electron chi connectivity index (χ2n) is 3.01. The molecule has 0 fully saturated rings. The monoisotopic (exact) mass is 138 g/mol. The normalized spacial score (nSPS) is 12.8. The first kappa shape index (κ1) is 9.77. The van der Waals surface area contributed by atoms with Gasteiger partial charge in [0.25, 0.3) is 0 Å². The van der Waals surface area contributed by atoms with Crippen molar-refractivity contribution in [2.24, 2.45) is 0 Å². The fourth-order valence-corrected chi connectivity index (χ4v) is 2.84. The molecular formula is C8H18Mg. The molecule has 0 aliphatic carbocycles. The quantitative estimate of drug-likeness (QED) is 0.405. The van der Waals surface area contributed by atoms with E-state index >= 15 is 0 Å². The molecule has 0 aliphatic heterocycles. The van der Waals surface area contributed by atoms with Gasteiger partial charge in [-0.15, -0.1) is 8.60 Å². The van der Waals surface area contributed by atoms with Crippen molar-refractivity contribution in [3.05, 3.63) is 0 Å². The van der Waals surface area contributed by atoms with Crippen molar-refractivity contribution < 1.29 is 0 Å². The first-order valence-corrected chi connectivity index (χ1v) is 6.12. The largest absolute Gasteiger partial charge is 0.368 e. The second-order valence-corrected chi connectivity index (χ2v) is 5.69. The number of hydrogen-bond acceptors (Lipinski definition) is 0. The molecule has 1 atom stereocenters. The summed E-state index contributed by atoms with van der Waals surface area (Å²) >= 11 is 0.325. The maximum absolute atomic E-state index is 2.40. The average molecular weight is 139 g/mol. The number of rotatable bonds is 5. The van der Waals surface area contributed by atoms with Crippen LogP contribution >= 0.6 is 0 Å². The Morgan fingerprint density at radius 2 is 2.00 bits per heavy atom. The number of unbranched alkanes of at least 4 members (excludes halogenated alkanes) is 1. The van der Waals surface area contributed by atoms with Crippen molar-refractivity contribution >= 4 is 20.4 Å². The van der Waals surface area contributed by atoms with Crippen LogP contribution < -0.4 is 0 Å². The van der Waals surface area contributed by atoms with Crippen LogP contribution in [0.4, 0.5) is 0 Å². The van der Waals surface area contributed by atoms with E-state index in [1.165, 1.54) is 19.3 Å². The van der Waals surface area contributed by atoms with E-state index in [2.05, 4.69) is 20.8 Å². The Morgan fingerprint density at radius 1 is 1.33 bits per heavy atom. The van der Waals surface area contributed by atoms with Crippen molar-refractivity contribution in [1.29, 1.82) is 0 Å². The summed E-state index contributed by atoms with van der Waals surface area (Å²) in [4.78, 5) is 0. The van der Waals surface area contributed by atoms with Crippen LogP contribution in [0.15, 0.2) is 0 Å². The van der Waals surface area contributed by atoms with Crippen LogP contribution in [-0.4, -0.2) is 20.4 Å². The van der Waals surface area contributed by atoms with Crippen LogP contribution in [0.2, 0.25) is 8.60 Å². The van der Waals surface area contributed by atoms with Gasteiger partial charge in [0.05, 0.1) is 0 Å². The van der Waals surface area contributed by atoms with Gasteiger partial charge in [-0.3, -0.25) is 0 Å². The van der Waals surface area contributed by atoms with Gasteiger partial charge in [-0.2, -0.15) is 0 Å². The third-order valence-corrected chi connectivity index (χ3v) is 4.47. The molecule has 0 aliphatic rings. The molecule has 0 saturated heterocycles. The van der Waals surface area contributed by atoms with Gasteiger partial charge in [-0.05, 0) is 0 Å². The molecule has 0 spiro atoms. The van der Waals surface area contributed by atoms with E-state index < -0.39 is 0 Å². The molecule has 9 heavy (non-hydrogen) atoms. The number of hydrogen-bond donors (Lipinski definition) is 0. The minimum atomic E-state index is 0.325. The fourth-order valence-electron chi connectivity index (χ4n) is 0.947. The Bertz CT molecular complexity index is 52.5. The zero-order valence-electron chi connectivity index (χ0n) is 7.11. The van der Waals surface area contributed by atoms with E-state index in [1.54, 1.807) is 4.55 Å². The lowest BCUT2D eigenvalue weighted by Gasteiger charge is -2.02. The fraction of sp³-hybridized carbons (Fsp3) is 1.00. The predicted octanol–water partition coefficient (Wildman–Crippen LogP) is 3.13. The van der Waals surface area contributed by atoms with Gasteiger partial charge in [0.1, 0.15) is 0 Å². The smallest absolute Gasteiger partial charge is 0.145 e. The molecule has 52 valence electrons. The molecule has 1 heteroatoms. The highest BCUT2D eigenvalue weighted by Crippen LogP contribution is 2.09. The molecule has 0 bridgehead atoms. The molecule has 0 rings (SSSR count). The summed E-state index contributed by atoms with van der Waals surface area (Å²) in [5, 5.41) is 0. The SMILES string of the molecule is CCC[CH2][Mg][CH](C)CC. The topological polar surface area (TPSA) is 0 Å². The van der Waals surface area contributed by atoms with Gasteiger partial charge in [0, 0.05) is 0 Å². The molecule has 0 heterocycles. The molecule has 1 unspecified atom stereocenters. The predicted molar refractivity (Wildman–Crippen MR) is 45.2 cm³/mol. The molecular weight excluding hydrogens is 120 g/mol. The maximum Gasteiger partial charge on any atom is 0.368 e. The molecule has 0 N–H and O–H groups in total. The molecule has 0 nitrogen and oxygen atoms in total. The molecule has 0 radical (unpaired) electrons. The molecule has 0 aromatic rings. The summed E-state index contributed by atoms with van der Waals surface area (Å²) in [6, 6.07) is 0. The summed E-state index contributed by atoms with van der Waals surface area (Å²) in [5.74, 6) is 0. The van der Waals surface area contributed by atoms with Crippen LogP contribution in [0.25, 0.3) is 0 Å². The zero-order chi connectivity index (χ0) is 7.11. The van der Waals surface area contributed by atoms with Gasteiger partial charge < -0.3 is 0 Å². The van der Waals surface area contributed by atoms with E-state index in [4.69, 9.17) is 0 Å². The minimum absolute atomic E-state index is 0.325. The molecule has 0 amide bonds. The van der Waals surface area contributed by atoms with Crippen molar-refractivity contribution in [2.75, 3.05) is 0 Å². The van der Waals surface area contributed by atoms with E-state index in [-0.39, 0.29) is 0 Å². The Labute approximate surface area is 69.1 Å². The molecule has 0 aromatic carbocycles. The first-order chi connectivity index (χ1) is 4.31. The summed E-state index contributed by atoms with van der Waals surface area (Å²) in [6.07, 6.45) is 4.29.